The summed E-state index contributed by atoms with van der Waals surface area (Å²) in [6, 6.07) is 7.32. The minimum Gasteiger partial charge on any atom is -0.497 e. The van der Waals surface area contributed by atoms with E-state index in [1.807, 2.05) is 31.3 Å². The molecule has 1 atom stereocenters. The quantitative estimate of drug-likeness (QED) is 0.743. The molecule has 3 rings (SSSR count). The second-order valence-electron chi connectivity index (χ2n) is 4.90. The molecule has 0 aliphatic carbocycles. The zero-order valence-electron chi connectivity index (χ0n) is 12.4. The van der Waals surface area contributed by atoms with E-state index >= 15 is 0 Å². The van der Waals surface area contributed by atoms with Crippen LogP contribution < -0.4 is 10.1 Å². The third kappa shape index (κ3) is 2.71. The first kappa shape index (κ1) is 14.3. The summed E-state index contributed by atoms with van der Waals surface area (Å²) in [6.07, 6.45) is 2.54. The highest BCUT2D eigenvalue weighted by molar-refractivity contribution is 5.85. The highest BCUT2D eigenvalue weighted by Crippen LogP contribution is 2.21. The molecule has 1 unspecified atom stereocenters. The van der Waals surface area contributed by atoms with Gasteiger partial charge in [-0.05, 0) is 17.7 Å². The second-order valence-corrected chi connectivity index (χ2v) is 4.90. The predicted molar refractivity (Wildman–Crippen MR) is 82.7 cm³/mol. The summed E-state index contributed by atoms with van der Waals surface area (Å²) in [4.78, 5) is 8.39. The van der Waals surface area contributed by atoms with E-state index in [1.165, 1.54) is 6.33 Å². The highest BCUT2D eigenvalue weighted by Gasteiger charge is 2.11. The lowest BCUT2D eigenvalue weighted by atomic mass is 10.1. The number of aliphatic hydroxyl groups excluding tert-OH is 1. The van der Waals surface area contributed by atoms with Crippen LogP contribution in [-0.2, 0) is 7.05 Å². The van der Waals surface area contributed by atoms with Crippen molar-refractivity contribution in [1.29, 1.82) is 0 Å². The molecule has 7 nitrogen and oxygen atoms in total. The molecule has 0 aliphatic heterocycles. The van der Waals surface area contributed by atoms with E-state index < -0.39 is 6.10 Å². The van der Waals surface area contributed by atoms with Crippen LogP contribution in [0.25, 0.3) is 11.0 Å². The second kappa shape index (κ2) is 5.98. The Bertz CT molecular complexity index is 769. The number of aromatic nitrogens is 4. The number of aryl methyl sites for hydroxylation is 1. The molecule has 0 spiro atoms. The van der Waals surface area contributed by atoms with Gasteiger partial charge in [-0.2, -0.15) is 5.10 Å². The summed E-state index contributed by atoms with van der Waals surface area (Å²) >= 11 is 0. The summed E-state index contributed by atoms with van der Waals surface area (Å²) in [6.45, 7) is 0.341. The van der Waals surface area contributed by atoms with Gasteiger partial charge in [0.25, 0.3) is 0 Å². The molecule has 1 aromatic carbocycles. The van der Waals surface area contributed by atoms with Crippen LogP contribution in [0.3, 0.4) is 0 Å². The Balaban J connectivity index is 1.72. The first-order valence-electron chi connectivity index (χ1n) is 6.87. The van der Waals surface area contributed by atoms with Gasteiger partial charge in [0.1, 0.15) is 17.9 Å². The van der Waals surface area contributed by atoms with Gasteiger partial charge in [0.15, 0.2) is 5.65 Å². The Kier molecular flexibility index (Phi) is 3.88. The van der Waals surface area contributed by atoms with Crippen molar-refractivity contribution < 1.29 is 9.84 Å². The van der Waals surface area contributed by atoms with Gasteiger partial charge in [-0.3, -0.25) is 4.68 Å². The summed E-state index contributed by atoms with van der Waals surface area (Å²) in [7, 11) is 3.44. The average molecular weight is 299 g/mol. The fourth-order valence-corrected chi connectivity index (χ4v) is 2.24. The van der Waals surface area contributed by atoms with E-state index in [9.17, 15) is 5.11 Å². The van der Waals surface area contributed by atoms with Crippen molar-refractivity contribution in [3.63, 3.8) is 0 Å². The van der Waals surface area contributed by atoms with Crippen molar-refractivity contribution in [2.75, 3.05) is 19.0 Å². The van der Waals surface area contributed by atoms with Crippen LogP contribution in [0, 0.1) is 0 Å². The Labute approximate surface area is 127 Å². The maximum atomic E-state index is 10.3. The molecule has 0 radical (unpaired) electrons. The van der Waals surface area contributed by atoms with Crippen LogP contribution in [-0.4, -0.2) is 38.5 Å². The SMILES string of the molecule is COc1ccc(C(O)CNc2ncnc3c2cnn3C)cc1. The molecule has 0 saturated heterocycles. The molecule has 2 N–H and O–H groups in total. The van der Waals surface area contributed by atoms with Crippen LogP contribution in [0.15, 0.2) is 36.8 Å². The minimum atomic E-state index is -0.646. The van der Waals surface area contributed by atoms with Gasteiger partial charge in [-0.25, -0.2) is 9.97 Å². The maximum Gasteiger partial charge on any atom is 0.163 e. The number of anilines is 1. The summed E-state index contributed by atoms with van der Waals surface area (Å²) in [5.41, 5.74) is 1.56. The lowest BCUT2D eigenvalue weighted by Gasteiger charge is -2.13. The maximum absolute atomic E-state index is 10.3. The number of benzene rings is 1. The molecule has 3 aromatic rings. The molecule has 0 aliphatic rings. The van der Waals surface area contributed by atoms with Crippen molar-refractivity contribution in [2.24, 2.45) is 7.05 Å². The number of fused-ring (bicyclic) bond motifs is 1. The van der Waals surface area contributed by atoms with Crippen molar-refractivity contribution in [3.05, 3.63) is 42.4 Å². The zero-order valence-corrected chi connectivity index (χ0v) is 12.4. The fourth-order valence-electron chi connectivity index (χ4n) is 2.24. The van der Waals surface area contributed by atoms with Crippen molar-refractivity contribution in [3.8, 4) is 5.75 Å². The molecule has 0 amide bonds. The van der Waals surface area contributed by atoms with Crippen molar-refractivity contribution >= 4 is 16.9 Å². The van der Waals surface area contributed by atoms with Crippen LogP contribution in [0.4, 0.5) is 5.82 Å². The first-order chi connectivity index (χ1) is 10.7. The Hall–Kier alpha value is -2.67. The number of nitrogens with zero attached hydrogens (tertiary/aromatic N) is 4. The molecule has 114 valence electrons. The highest BCUT2D eigenvalue weighted by atomic mass is 16.5. The Morgan fingerprint density at radius 1 is 1.27 bits per heavy atom. The Morgan fingerprint density at radius 2 is 2.05 bits per heavy atom. The van der Waals surface area contributed by atoms with E-state index in [0.29, 0.717) is 12.4 Å². The van der Waals surface area contributed by atoms with E-state index in [1.54, 1.807) is 18.0 Å². The third-order valence-corrected chi connectivity index (χ3v) is 3.49. The topological polar surface area (TPSA) is 85.1 Å². The number of rotatable bonds is 5. The van der Waals surface area contributed by atoms with Gasteiger partial charge >= 0.3 is 0 Å². The number of nitrogens with one attached hydrogen (secondary N) is 1. The van der Waals surface area contributed by atoms with Gasteiger partial charge in [-0.15, -0.1) is 0 Å². The van der Waals surface area contributed by atoms with Crippen LogP contribution in [0.5, 0.6) is 5.75 Å². The molecular weight excluding hydrogens is 282 g/mol. The minimum absolute atomic E-state index is 0.341. The Morgan fingerprint density at radius 3 is 2.77 bits per heavy atom. The molecular formula is C15H17N5O2. The first-order valence-corrected chi connectivity index (χ1v) is 6.87. The lowest BCUT2D eigenvalue weighted by Crippen LogP contribution is -2.13. The molecule has 7 heteroatoms. The normalized spacial score (nSPS) is 12.3. The van der Waals surface area contributed by atoms with Gasteiger partial charge < -0.3 is 15.2 Å². The fraction of sp³-hybridized carbons (Fsp3) is 0.267. The lowest BCUT2D eigenvalue weighted by molar-refractivity contribution is 0.191. The molecule has 0 saturated carbocycles. The van der Waals surface area contributed by atoms with Gasteiger partial charge in [0.05, 0.1) is 24.8 Å². The summed E-state index contributed by atoms with van der Waals surface area (Å²) in [5, 5.41) is 18.4. The van der Waals surface area contributed by atoms with E-state index in [2.05, 4.69) is 20.4 Å². The van der Waals surface area contributed by atoms with Crippen LogP contribution >= 0.6 is 0 Å². The molecule has 0 fully saturated rings. The zero-order chi connectivity index (χ0) is 15.5. The van der Waals surface area contributed by atoms with E-state index in [-0.39, 0.29) is 0 Å². The van der Waals surface area contributed by atoms with Gasteiger partial charge in [-0.1, -0.05) is 12.1 Å². The van der Waals surface area contributed by atoms with Crippen LogP contribution in [0.1, 0.15) is 11.7 Å². The summed E-state index contributed by atoms with van der Waals surface area (Å²) in [5.74, 6) is 1.42. The van der Waals surface area contributed by atoms with Gasteiger partial charge in [0, 0.05) is 13.6 Å². The largest absolute Gasteiger partial charge is 0.497 e. The standard InChI is InChI=1S/C15H17N5O2/c1-20-15-12(7-19-20)14(17-9-18-15)16-8-13(21)10-3-5-11(22-2)6-4-10/h3-7,9,13,21H,8H2,1-2H3,(H,16,17,18). The number of ether oxygens (including phenoxy) is 1. The van der Waals surface area contributed by atoms with Crippen molar-refractivity contribution in [2.45, 2.75) is 6.10 Å². The average Bonchev–Trinajstić information content (AvgIpc) is 2.95. The number of hydrogen-bond donors (Lipinski definition) is 2. The summed E-state index contributed by atoms with van der Waals surface area (Å²) < 4.78 is 6.79. The van der Waals surface area contributed by atoms with E-state index in [0.717, 1.165) is 22.3 Å². The molecule has 0 bridgehead atoms. The molecule has 2 aromatic heterocycles. The smallest absolute Gasteiger partial charge is 0.163 e. The molecule has 2 heterocycles. The number of hydrogen-bond acceptors (Lipinski definition) is 6. The number of aliphatic hydroxyl groups is 1. The van der Waals surface area contributed by atoms with Gasteiger partial charge in [0.2, 0.25) is 0 Å². The predicted octanol–water partition coefficient (Wildman–Crippen LogP) is 1.52. The molecule has 22 heavy (non-hydrogen) atoms. The van der Waals surface area contributed by atoms with Crippen molar-refractivity contribution in [1.82, 2.24) is 19.7 Å². The van der Waals surface area contributed by atoms with Crippen LogP contribution in [0.2, 0.25) is 0 Å². The third-order valence-electron chi connectivity index (χ3n) is 3.49. The monoisotopic (exact) mass is 299 g/mol. The number of methoxy groups -OCH3 is 1. The van der Waals surface area contributed by atoms with E-state index in [4.69, 9.17) is 4.74 Å².